The second kappa shape index (κ2) is 1.69. The minimum absolute atomic E-state index is 0.588. The molecule has 3 nitrogen and oxygen atoms in total. The van der Waals surface area contributed by atoms with Crippen LogP contribution in [0.4, 0.5) is 11.6 Å². The number of nitrogen functional groups attached to an aromatic ring is 2. The zero-order chi connectivity index (χ0) is 5.98. The number of hydrogen-bond donors (Lipinski definition) is 2. The summed E-state index contributed by atoms with van der Waals surface area (Å²) in [6.45, 7) is 0. The van der Waals surface area contributed by atoms with Gasteiger partial charge in [-0.05, 0) is 6.07 Å². The van der Waals surface area contributed by atoms with Crippen LogP contribution in [0.3, 0.4) is 0 Å². The highest BCUT2D eigenvalue weighted by atomic mass is 14.9. The van der Waals surface area contributed by atoms with Gasteiger partial charge in [0, 0.05) is 12.1 Å². The first-order chi connectivity index (χ1) is 3.79. The van der Waals surface area contributed by atoms with Crippen molar-refractivity contribution in [1.29, 1.82) is 0 Å². The Balaban J connectivity index is 3.08. The van der Waals surface area contributed by atoms with Gasteiger partial charge in [-0.3, -0.25) is 0 Å². The van der Waals surface area contributed by atoms with E-state index in [-0.39, 0.29) is 0 Å². The Bertz CT molecular complexity index is 168. The summed E-state index contributed by atoms with van der Waals surface area (Å²) < 4.78 is 0. The Morgan fingerprint density at radius 3 is 1.88 bits per heavy atom. The molecule has 1 heterocycles. The van der Waals surface area contributed by atoms with Gasteiger partial charge in [0.05, 0.1) is 0 Å². The molecule has 42 valence electrons. The molecule has 0 bridgehead atoms. The molecule has 0 aliphatic heterocycles. The van der Waals surface area contributed by atoms with Crippen molar-refractivity contribution in [1.82, 2.24) is 0 Å². The van der Waals surface area contributed by atoms with Crippen molar-refractivity contribution in [2.45, 2.75) is 0 Å². The van der Waals surface area contributed by atoms with Gasteiger partial charge < -0.3 is 11.5 Å². The van der Waals surface area contributed by atoms with Crippen LogP contribution in [0.25, 0.3) is 0 Å². The third-order valence-corrected chi connectivity index (χ3v) is 0.840. The molecule has 0 atom stereocenters. The molecule has 1 rings (SSSR count). The predicted octanol–water partition coefficient (Wildman–Crippen LogP) is -0.335. The van der Waals surface area contributed by atoms with Gasteiger partial charge in [-0.15, -0.1) is 0 Å². The lowest BCUT2D eigenvalue weighted by molar-refractivity contribution is -0.342. The van der Waals surface area contributed by atoms with Crippen molar-refractivity contribution in [3.63, 3.8) is 0 Å². The first-order valence-electron chi connectivity index (χ1n) is 2.32. The van der Waals surface area contributed by atoms with Gasteiger partial charge in [-0.2, -0.15) is 0 Å². The zero-order valence-electron chi connectivity index (χ0n) is 4.39. The van der Waals surface area contributed by atoms with Crippen molar-refractivity contribution in [2.24, 2.45) is 0 Å². The van der Waals surface area contributed by atoms with E-state index in [9.17, 15) is 0 Å². The quantitative estimate of drug-likeness (QED) is 0.480. The first kappa shape index (κ1) is 4.90. The monoisotopic (exact) mass is 110 g/mol. The largest absolute Gasteiger partial charge is 0.319 e. The number of aromatic nitrogens is 1. The van der Waals surface area contributed by atoms with Gasteiger partial charge in [-0.1, -0.05) is 0 Å². The second-order valence-corrected chi connectivity index (χ2v) is 1.56. The Kier molecular flexibility index (Phi) is 1.04. The smallest absolute Gasteiger partial charge is 0.216 e. The summed E-state index contributed by atoms with van der Waals surface area (Å²) in [6, 6.07) is 5.29. The van der Waals surface area contributed by atoms with E-state index in [0.29, 0.717) is 11.6 Å². The van der Waals surface area contributed by atoms with E-state index >= 15 is 0 Å². The Morgan fingerprint density at radius 1 is 1.12 bits per heavy atom. The van der Waals surface area contributed by atoms with Crippen molar-refractivity contribution in [2.75, 3.05) is 11.5 Å². The average Bonchev–Trinajstić information content (AvgIpc) is 1.64. The maximum absolute atomic E-state index is 5.32. The molecule has 0 spiro atoms. The number of rotatable bonds is 0. The molecule has 0 unspecified atom stereocenters. The van der Waals surface area contributed by atoms with Crippen molar-refractivity contribution < 1.29 is 4.98 Å². The topological polar surface area (TPSA) is 66.2 Å². The SMILES string of the molecule is Nc1cccc(N)[nH+]1. The lowest BCUT2D eigenvalue weighted by Crippen LogP contribution is -2.14. The lowest BCUT2D eigenvalue weighted by atomic mass is 10.4. The summed E-state index contributed by atoms with van der Waals surface area (Å²) in [5.41, 5.74) is 10.6. The maximum Gasteiger partial charge on any atom is 0.216 e. The molecule has 3 heteroatoms. The Hall–Kier alpha value is -1.25. The highest BCUT2D eigenvalue weighted by Crippen LogP contribution is 1.92. The van der Waals surface area contributed by atoms with E-state index in [4.69, 9.17) is 11.5 Å². The van der Waals surface area contributed by atoms with Gasteiger partial charge in [0.15, 0.2) is 0 Å². The molecule has 0 saturated heterocycles. The summed E-state index contributed by atoms with van der Waals surface area (Å²) in [7, 11) is 0. The minimum atomic E-state index is 0.588. The van der Waals surface area contributed by atoms with Crippen molar-refractivity contribution >= 4 is 11.6 Å². The van der Waals surface area contributed by atoms with Crippen molar-refractivity contribution in [3.8, 4) is 0 Å². The molecule has 0 aliphatic rings. The third-order valence-electron chi connectivity index (χ3n) is 0.840. The fourth-order valence-corrected chi connectivity index (χ4v) is 0.505. The summed E-state index contributed by atoms with van der Waals surface area (Å²) >= 11 is 0. The van der Waals surface area contributed by atoms with Gasteiger partial charge in [0.2, 0.25) is 11.6 Å². The fraction of sp³-hybridized carbons (Fsp3) is 0. The van der Waals surface area contributed by atoms with Crippen molar-refractivity contribution in [3.05, 3.63) is 18.2 Å². The zero-order valence-corrected chi connectivity index (χ0v) is 4.39. The van der Waals surface area contributed by atoms with E-state index in [1.54, 1.807) is 18.2 Å². The molecule has 8 heavy (non-hydrogen) atoms. The Morgan fingerprint density at radius 2 is 1.62 bits per heavy atom. The molecular formula is C5H8N3+. The van der Waals surface area contributed by atoms with Gasteiger partial charge in [0.25, 0.3) is 0 Å². The standard InChI is InChI=1S/C5H7N3/c6-4-2-1-3-5(7)8-4/h1-3H,(H4,6,7,8)/p+1. The molecule has 5 N–H and O–H groups in total. The first-order valence-corrected chi connectivity index (χ1v) is 2.32. The van der Waals surface area contributed by atoms with Crippen LogP contribution in [0.15, 0.2) is 18.2 Å². The number of aromatic amines is 1. The van der Waals surface area contributed by atoms with Gasteiger partial charge >= 0.3 is 0 Å². The van der Waals surface area contributed by atoms with Crippen LogP contribution in [0.1, 0.15) is 0 Å². The molecule has 0 radical (unpaired) electrons. The molecule has 0 amide bonds. The van der Waals surface area contributed by atoms with Crippen LogP contribution in [0.5, 0.6) is 0 Å². The lowest BCUT2D eigenvalue weighted by Gasteiger charge is -1.85. The van der Waals surface area contributed by atoms with E-state index in [2.05, 4.69) is 4.98 Å². The van der Waals surface area contributed by atoms with Crippen LogP contribution >= 0.6 is 0 Å². The molecule has 0 saturated carbocycles. The molecule has 0 aromatic carbocycles. The summed E-state index contributed by atoms with van der Waals surface area (Å²) in [4.78, 5) is 2.73. The van der Waals surface area contributed by atoms with Crippen LogP contribution in [0.2, 0.25) is 0 Å². The van der Waals surface area contributed by atoms with E-state index in [0.717, 1.165) is 0 Å². The van der Waals surface area contributed by atoms with E-state index < -0.39 is 0 Å². The third kappa shape index (κ3) is 0.872. The molecule has 1 aromatic rings. The molecule has 0 aliphatic carbocycles. The number of hydrogen-bond acceptors (Lipinski definition) is 2. The number of anilines is 2. The maximum atomic E-state index is 5.32. The summed E-state index contributed by atoms with van der Waals surface area (Å²) in [5.74, 6) is 1.18. The average molecular weight is 110 g/mol. The molecule has 1 aromatic heterocycles. The number of H-pyrrole nitrogens is 1. The second-order valence-electron chi connectivity index (χ2n) is 1.56. The number of nitrogens with one attached hydrogen (secondary N) is 1. The highest BCUT2D eigenvalue weighted by Gasteiger charge is 1.88. The minimum Gasteiger partial charge on any atom is -0.319 e. The highest BCUT2D eigenvalue weighted by molar-refractivity contribution is 5.28. The molecule has 0 fully saturated rings. The van der Waals surface area contributed by atoms with Crippen LogP contribution in [0, 0.1) is 0 Å². The van der Waals surface area contributed by atoms with Crippen LogP contribution < -0.4 is 16.5 Å². The normalized spacial score (nSPS) is 9.00. The van der Waals surface area contributed by atoms with E-state index in [1.807, 2.05) is 0 Å². The van der Waals surface area contributed by atoms with Crippen LogP contribution in [-0.4, -0.2) is 0 Å². The predicted molar refractivity (Wildman–Crippen MR) is 31.8 cm³/mol. The summed E-state index contributed by atoms with van der Waals surface area (Å²) in [6.07, 6.45) is 0. The number of nitrogens with two attached hydrogens (primary N) is 2. The van der Waals surface area contributed by atoms with Gasteiger partial charge in [0.1, 0.15) is 0 Å². The molecular weight excluding hydrogens is 102 g/mol. The van der Waals surface area contributed by atoms with Gasteiger partial charge in [-0.25, -0.2) is 4.98 Å². The van der Waals surface area contributed by atoms with Crippen LogP contribution in [-0.2, 0) is 0 Å². The summed E-state index contributed by atoms with van der Waals surface area (Å²) in [5, 5.41) is 0. The fourth-order valence-electron chi connectivity index (χ4n) is 0.505. The van der Waals surface area contributed by atoms with E-state index in [1.165, 1.54) is 0 Å². The Labute approximate surface area is 47.3 Å². The number of pyridine rings is 1.